The molecule has 0 fully saturated rings. The van der Waals surface area contributed by atoms with Gasteiger partial charge in [-0.25, -0.2) is 0 Å². The number of aryl methyl sites for hydroxylation is 1. The van der Waals surface area contributed by atoms with Gasteiger partial charge in [0.25, 0.3) is 11.6 Å². The van der Waals surface area contributed by atoms with Crippen molar-refractivity contribution in [3.8, 4) is 22.8 Å². The van der Waals surface area contributed by atoms with Crippen molar-refractivity contribution in [1.82, 2.24) is 24.8 Å². The quantitative estimate of drug-likeness (QED) is 0.311. The SMILES string of the molecule is Cc1ccc(C(=O)Nc2ccc(-c3ccc4nnc(-c5ccccn5)n4n3)cc2)cc1[N+](=O)[O-]. The van der Waals surface area contributed by atoms with Gasteiger partial charge in [0, 0.05) is 34.6 Å². The number of benzene rings is 2. The number of carbonyl (C=O) groups excluding carboxylic acids is 1. The molecule has 2 aromatic carbocycles. The van der Waals surface area contributed by atoms with E-state index >= 15 is 0 Å². The lowest BCUT2D eigenvalue weighted by atomic mass is 10.1. The van der Waals surface area contributed by atoms with Crippen LogP contribution in [-0.4, -0.2) is 35.6 Å². The van der Waals surface area contributed by atoms with Crippen molar-refractivity contribution in [2.45, 2.75) is 6.92 Å². The number of pyridine rings is 1. The van der Waals surface area contributed by atoms with Crippen molar-refractivity contribution in [2.24, 2.45) is 0 Å². The van der Waals surface area contributed by atoms with Crippen LogP contribution in [0.15, 0.2) is 79.0 Å². The molecule has 0 spiro atoms. The summed E-state index contributed by atoms with van der Waals surface area (Å²) in [5.41, 5.74) is 3.94. The number of hydrogen-bond acceptors (Lipinski definition) is 7. The third kappa shape index (κ3) is 3.95. The van der Waals surface area contributed by atoms with E-state index in [0.29, 0.717) is 34.1 Å². The zero-order valence-corrected chi connectivity index (χ0v) is 17.9. The first-order valence-electron chi connectivity index (χ1n) is 10.3. The molecule has 3 heterocycles. The topological polar surface area (TPSA) is 128 Å². The predicted octanol–water partition coefficient (Wildman–Crippen LogP) is 4.32. The third-order valence-corrected chi connectivity index (χ3v) is 5.26. The minimum Gasteiger partial charge on any atom is -0.322 e. The molecule has 0 saturated heterocycles. The Labute approximate surface area is 193 Å². The Bertz CT molecular complexity index is 1530. The summed E-state index contributed by atoms with van der Waals surface area (Å²) in [5.74, 6) is 0.105. The van der Waals surface area contributed by atoms with Crippen molar-refractivity contribution in [3.63, 3.8) is 0 Å². The van der Waals surface area contributed by atoms with Gasteiger partial charge in [0.2, 0.25) is 5.82 Å². The maximum Gasteiger partial charge on any atom is 0.273 e. The summed E-state index contributed by atoms with van der Waals surface area (Å²) in [6, 6.07) is 20.7. The van der Waals surface area contributed by atoms with Gasteiger partial charge in [-0.3, -0.25) is 19.9 Å². The van der Waals surface area contributed by atoms with Gasteiger partial charge >= 0.3 is 0 Å². The van der Waals surface area contributed by atoms with Crippen LogP contribution < -0.4 is 5.32 Å². The fourth-order valence-electron chi connectivity index (χ4n) is 3.47. The summed E-state index contributed by atoms with van der Waals surface area (Å²) in [6.07, 6.45) is 1.68. The molecule has 0 bridgehead atoms. The number of nitrogens with zero attached hydrogens (tertiary/aromatic N) is 6. The van der Waals surface area contributed by atoms with Crippen LogP contribution in [0.4, 0.5) is 11.4 Å². The maximum atomic E-state index is 12.6. The minimum absolute atomic E-state index is 0.0940. The highest BCUT2D eigenvalue weighted by atomic mass is 16.6. The molecule has 166 valence electrons. The van der Waals surface area contributed by atoms with E-state index in [2.05, 4.69) is 25.6 Å². The zero-order chi connectivity index (χ0) is 23.7. The van der Waals surface area contributed by atoms with Crippen molar-refractivity contribution < 1.29 is 9.72 Å². The van der Waals surface area contributed by atoms with Crippen LogP contribution in [0.5, 0.6) is 0 Å². The highest BCUT2D eigenvalue weighted by molar-refractivity contribution is 6.04. The molecule has 34 heavy (non-hydrogen) atoms. The number of nitro benzene ring substituents is 1. The van der Waals surface area contributed by atoms with Crippen molar-refractivity contribution in [2.75, 3.05) is 5.32 Å². The Morgan fingerprint density at radius 3 is 2.53 bits per heavy atom. The predicted molar refractivity (Wildman–Crippen MR) is 125 cm³/mol. The zero-order valence-electron chi connectivity index (χ0n) is 17.9. The highest BCUT2D eigenvalue weighted by Crippen LogP contribution is 2.23. The Hall–Kier alpha value is -4.99. The fourth-order valence-corrected chi connectivity index (χ4v) is 3.47. The average Bonchev–Trinajstić information content (AvgIpc) is 3.28. The lowest BCUT2D eigenvalue weighted by Gasteiger charge is -2.08. The van der Waals surface area contributed by atoms with Crippen LogP contribution in [0.3, 0.4) is 0 Å². The monoisotopic (exact) mass is 451 g/mol. The molecular weight excluding hydrogens is 434 g/mol. The summed E-state index contributed by atoms with van der Waals surface area (Å²) < 4.78 is 1.64. The van der Waals surface area contributed by atoms with E-state index in [1.54, 1.807) is 41.9 Å². The number of nitro groups is 1. The van der Waals surface area contributed by atoms with Crippen molar-refractivity contribution in [3.05, 3.63) is 100 Å². The number of rotatable bonds is 5. The first-order valence-corrected chi connectivity index (χ1v) is 10.3. The number of carbonyl (C=O) groups is 1. The van der Waals surface area contributed by atoms with E-state index < -0.39 is 10.8 Å². The molecule has 0 aliphatic carbocycles. The molecule has 3 aromatic heterocycles. The number of anilines is 1. The van der Waals surface area contributed by atoms with E-state index in [-0.39, 0.29) is 11.3 Å². The Morgan fingerprint density at radius 1 is 0.971 bits per heavy atom. The molecule has 1 N–H and O–H groups in total. The standard InChI is InChI=1S/C24H17N7O3/c1-15-5-6-17(14-21(15)31(33)34)24(32)26-18-9-7-16(8-10-18)19-11-12-22-27-28-23(30(22)29-19)20-4-2-3-13-25-20/h2-14H,1H3,(H,26,32). The molecule has 0 saturated carbocycles. The molecule has 10 nitrogen and oxygen atoms in total. The van der Waals surface area contributed by atoms with Gasteiger partial charge in [0.15, 0.2) is 5.65 Å². The van der Waals surface area contributed by atoms with Gasteiger partial charge in [-0.1, -0.05) is 24.3 Å². The van der Waals surface area contributed by atoms with Gasteiger partial charge in [-0.05, 0) is 49.4 Å². The Morgan fingerprint density at radius 2 is 1.79 bits per heavy atom. The van der Waals surface area contributed by atoms with Crippen LogP contribution in [0.2, 0.25) is 0 Å². The Balaban J connectivity index is 1.39. The van der Waals surface area contributed by atoms with Gasteiger partial charge in [-0.2, -0.15) is 9.61 Å². The van der Waals surface area contributed by atoms with E-state index in [1.807, 2.05) is 42.5 Å². The molecule has 10 heteroatoms. The van der Waals surface area contributed by atoms with Gasteiger partial charge < -0.3 is 5.32 Å². The van der Waals surface area contributed by atoms with Gasteiger partial charge in [0.05, 0.1) is 10.6 Å². The first-order chi connectivity index (χ1) is 16.5. The van der Waals surface area contributed by atoms with Crippen LogP contribution in [0.25, 0.3) is 28.4 Å². The number of nitrogens with one attached hydrogen (secondary N) is 1. The summed E-state index contributed by atoms with van der Waals surface area (Å²) in [6.45, 7) is 1.63. The molecule has 0 unspecified atom stereocenters. The van der Waals surface area contributed by atoms with Gasteiger partial charge in [0.1, 0.15) is 5.69 Å². The first kappa shape index (κ1) is 20.9. The fraction of sp³-hybridized carbons (Fsp3) is 0.0417. The Kier molecular flexibility index (Phi) is 5.23. The van der Waals surface area contributed by atoms with E-state index in [1.165, 1.54) is 6.07 Å². The van der Waals surface area contributed by atoms with Gasteiger partial charge in [-0.15, -0.1) is 10.2 Å². The van der Waals surface area contributed by atoms with Crippen LogP contribution in [-0.2, 0) is 0 Å². The lowest BCUT2D eigenvalue weighted by molar-refractivity contribution is -0.385. The third-order valence-electron chi connectivity index (χ3n) is 5.26. The molecule has 5 rings (SSSR count). The smallest absolute Gasteiger partial charge is 0.273 e. The highest BCUT2D eigenvalue weighted by Gasteiger charge is 2.15. The summed E-state index contributed by atoms with van der Waals surface area (Å²) >= 11 is 0. The number of amides is 1. The molecule has 0 aliphatic rings. The van der Waals surface area contributed by atoms with Crippen LogP contribution in [0.1, 0.15) is 15.9 Å². The maximum absolute atomic E-state index is 12.6. The summed E-state index contributed by atoms with van der Waals surface area (Å²) in [4.78, 5) is 27.5. The van der Waals surface area contributed by atoms with E-state index in [9.17, 15) is 14.9 Å². The summed E-state index contributed by atoms with van der Waals surface area (Å²) in [7, 11) is 0. The second-order valence-corrected chi connectivity index (χ2v) is 7.52. The number of hydrogen-bond donors (Lipinski definition) is 1. The van der Waals surface area contributed by atoms with Crippen LogP contribution in [0, 0.1) is 17.0 Å². The second-order valence-electron chi connectivity index (χ2n) is 7.52. The molecular formula is C24H17N7O3. The molecule has 0 atom stereocenters. The average molecular weight is 451 g/mol. The molecule has 5 aromatic rings. The molecule has 0 aliphatic heterocycles. The largest absolute Gasteiger partial charge is 0.322 e. The van der Waals surface area contributed by atoms with E-state index in [4.69, 9.17) is 0 Å². The number of aromatic nitrogens is 5. The lowest BCUT2D eigenvalue weighted by Crippen LogP contribution is -2.12. The molecule has 0 radical (unpaired) electrons. The molecule has 1 amide bonds. The van der Waals surface area contributed by atoms with E-state index in [0.717, 1.165) is 5.56 Å². The second kappa shape index (κ2) is 8.51. The van der Waals surface area contributed by atoms with Crippen molar-refractivity contribution >= 4 is 22.9 Å². The number of fused-ring (bicyclic) bond motifs is 1. The van der Waals surface area contributed by atoms with Crippen molar-refractivity contribution in [1.29, 1.82) is 0 Å². The normalized spacial score (nSPS) is 10.9. The minimum atomic E-state index is -0.500. The van der Waals surface area contributed by atoms with Crippen LogP contribution >= 0.6 is 0 Å². The summed E-state index contributed by atoms with van der Waals surface area (Å²) in [5, 5.41) is 26.9.